The predicted molar refractivity (Wildman–Crippen MR) is 60.3 cm³/mol. The average molecular weight is 245 g/mol. The number of carboxylic acid groups (broad SMARTS) is 1. The van der Waals surface area contributed by atoms with E-state index in [1.807, 2.05) is 17.5 Å². The van der Waals surface area contributed by atoms with E-state index < -0.39 is 12.0 Å². The van der Waals surface area contributed by atoms with Gasteiger partial charge in [-0.1, -0.05) is 6.07 Å². The van der Waals surface area contributed by atoms with Crippen LogP contribution in [0.2, 0.25) is 0 Å². The van der Waals surface area contributed by atoms with Crippen LogP contribution in [-0.4, -0.2) is 28.8 Å². The third kappa shape index (κ3) is 4.35. The van der Waals surface area contributed by atoms with Crippen molar-refractivity contribution >= 4 is 35.0 Å². The van der Waals surface area contributed by atoms with Crippen LogP contribution in [0.5, 0.6) is 0 Å². The molecule has 15 heavy (non-hydrogen) atoms. The maximum atomic E-state index is 11.3. The van der Waals surface area contributed by atoms with Gasteiger partial charge in [0.2, 0.25) is 5.91 Å². The van der Waals surface area contributed by atoms with Crippen molar-refractivity contribution in [3.63, 3.8) is 0 Å². The molecule has 0 aliphatic carbocycles. The van der Waals surface area contributed by atoms with Gasteiger partial charge in [0.05, 0.1) is 9.96 Å². The Bertz CT molecular complexity index is 337. The number of nitrogens with one attached hydrogen (secondary N) is 1. The maximum absolute atomic E-state index is 11.3. The van der Waals surface area contributed by atoms with Gasteiger partial charge >= 0.3 is 5.97 Å². The average Bonchev–Trinajstić information content (AvgIpc) is 2.66. The number of amides is 1. The van der Waals surface area contributed by atoms with Crippen molar-refractivity contribution in [2.75, 3.05) is 5.75 Å². The van der Waals surface area contributed by atoms with E-state index in [0.717, 1.165) is 4.21 Å². The van der Waals surface area contributed by atoms with Crippen molar-refractivity contribution < 1.29 is 14.7 Å². The zero-order valence-corrected chi connectivity index (χ0v) is 9.73. The Kier molecular flexibility index (Phi) is 4.64. The highest BCUT2D eigenvalue weighted by Crippen LogP contribution is 2.22. The number of carbonyl (C=O) groups excluding carboxylic acids is 1. The monoisotopic (exact) mass is 245 g/mol. The highest BCUT2D eigenvalue weighted by atomic mass is 32.2. The molecular weight excluding hydrogens is 234 g/mol. The van der Waals surface area contributed by atoms with Gasteiger partial charge in [-0.05, 0) is 18.4 Å². The summed E-state index contributed by atoms with van der Waals surface area (Å²) in [7, 11) is 0. The second-order valence-electron chi connectivity index (χ2n) is 2.85. The van der Waals surface area contributed by atoms with Crippen LogP contribution >= 0.6 is 23.1 Å². The molecule has 1 amide bonds. The number of carboxylic acids is 1. The fourth-order valence-corrected chi connectivity index (χ4v) is 2.42. The lowest BCUT2D eigenvalue weighted by Crippen LogP contribution is -2.39. The number of hydrogen-bond acceptors (Lipinski definition) is 4. The first-order chi connectivity index (χ1) is 7.09. The Morgan fingerprint density at radius 2 is 2.40 bits per heavy atom. The van der Waals surface area contributed by atoms with Crippen LogP contribution in [0.3, 0.4) is 0 Å². The molecule has 1 heterocycles. The Hall–Kier alpha value is -1.01. The zero-order valence-electron chi connectivity index (χ0n) is 8.10. The van der Waals surface area contributed by atoms with Crippen LogP contribution in [0.1, 0.15) is 6.92 Å². The summed E-state index contributed by atoms with van der Waals surface area (Å²) in [5.41, 5.74) is 0. The Balaban J connectivity index is 2.28. The molecule has 1 aromatic rings. The molecular formula is C9H11NO3S2. The van der Waals surface area contributed by atoms with Gasteiger partial charge in [-0.25, -0.2) is 0 Å². The van der Waals surface area contributed by atoms with Crippen LogP contribution in [0.15, 0.2) is 21.7 Å². The molecule has 0 aliphatic rings. The number of thioether (sulfide) groups is 1. The highest BCUT2D eigenvalue weighted by Gasteiger charge is 2.13. The van der Waals surface area contributed by atoms with Gasteiger partial charge in [0.15, 0.2) is 0 Å². The second-order valence-corrected chi connectivity index (χ2v) is 5.07. The molecule has 0 radical (unpaired) electrons. The quantitative estimate of drug-likeness (QED) is 0.770. The largest absolute Gasteiger partial charge is 0.480 e. The van der Waals surface area contributed by atoms with Gasteiger partial charge < -0.3 is 10.4 Å². The molecule has 0 aromatic carbocycles. The Morgan fingerprint density at radius 1 is 1.67 bits per heavy atom. The van der Waals surface area contributed by atoms with Crippen LogP contribution < -0.4 is 5.32 Å². The lowest BCUT2D eigenvalue weighted by molar-refractivity contribution is -0.140. The van der Waals surface area contributed by atoms with E-state index in [2.05, 4.69) is 5.32 Å². The number of carbonyl (C=O) groups is 2. The molecule has 1 aromatic heterocycles. The first-order valence-corrected chi connectivity index (χ1v) is 6.14. The van der Waals surface area contributed by atoms with Gasteiger partial charge in [0.25, 0.3) is 0 Å². The van der Waals surface area contributed by atoms with Gasteiger partial charge in [-0.15, -0.1) is 23.1 Å². The topological polar surface area (TPSA) is 66.4 Å². The molecule has 0 spiro atoms. The van der Waals surface area contributed by atoms with Crippen LogP contribution in [-0.2, 0) is 9.59 Å². The lowest BCUT2D eigenvalue weighted by atomic mass is 10.3. The minimum atomic E-state index is -1.02. The minimum absolute atomic E-state index is 0.248. The van der Waals surface area contributed by atoms with Crippen LogP contribution in [0, 0.1) is 0 Å². The molecule has 6 heteroatoms. The van der Waals surface area contributed by atoms with Crippen LogP contribution in [0.25, 0.3) is 0 Å². The Labute approximate surface area is 95.7 Å². The number of hydrogen-bond donors (Lipinski definition) is 2. The lowest BCUT2D eigenvalue weighted by Gasteiger charge is -2.07. The summed E-state index contributed by atoms with van der Waals surface area (Å²) in [4.78, 5) is 21.7. The van der Waals surface area contributed by atoms with Gasteiger partial charge in [0, 0.05) is 0 Å². The summed E-state index contributed by atoms with van der Waals surface area (Å²) >= 11 is 2.96. The normalized spacial score (nSPS) is 12.1. The third-order valence-corrected chi connectivity index (χ3v) is 3.72. The number of rotatable bonds is 5. The fourth-order valence-electron chi connectivity index (χ4n) is 0.827. The number of thiophene rings is 1. The second kappa shape index (κ2) is 5.77. The smallest absolute Gasteiger partial charge is 0.325 e. The molecule has 0 saturated carbocycles. The molecule has 4 nitrogen and oxygen atoms in total. The van der Waals surface area contributed by atoms with E-state index in [-0.39, 0.29) is 11.7 Å². The third-order valence-electron chi connectivity index (χ3n) is 1.59. The molecule has 0 fully saturated rings. The van der Waals surface area contributed by atoms with Gasteiger partial charge in [0.1, 0.15) is 6.04 Å². The summed E-state index contributed by atoms with van der Waals surface area (Å²) in [6.45, 7) is 1.44. The molecule has 1 rings (SSSR count). The standard InChI is InChI=1S/C9H11NO3S2/c1-6(9(12)13)10-7(11)5-15-8-3-2-4-14-8/h2-4,6H,5H2,1H3,(H,10,11)(H,12,13)/t6-/m1/s1. The maximum Gasteiger partial charge on any atom is 0.325 e. The summed E-state index contributed by atoms with van der Waals surface area (Å²) in [5.74, 6) is -1.04. The zero-order chi connectivity index (χ0) is 11.3. The van der Waals surface area contributed by atoms with Gasteiger partial charge in [-0.2, -0.15) is 0 Å². The van der Waals surface area contributed by atoms with E-state index in [4.69, 9.17) is 5.11 Å². The van der Waals surface area contributed by atoms with E-state index in [1.165, 1.54) is 18.7 Å². The first kappa shape index (κ1) is 12.1. The van der Waals surface area contributed by atoms with Gasteiger partial charge in [-0.3, -0.25) is 9.59 Å². The Morgan fingerprint density at radius 3 is 2.93 bits per heavy atom. The van der Waals surface area contributed by atoms with E-state index in [1.54, 1.807) is 11.3 Å². The molecule has 2 N–H and O–H groups in total. The van der Waals surface area contributed by atoms with E-state index in [0.29, 0.717) is 0 Å². The number of aliphatic carboxylic acids is 1. The van der Waals surface area contributed by atoms with Crippen molar-refractivity contribution in [2.24, 2.45) is 0 Å². The summed E-state index contributed by atoms with van der Waals surface area (Å²) in [6, 6.07) is 3.00. The SMILES string of the molecule is C[C@@H](NC(=O)CSc1cccs1)C(=O)O. The molecule has 0 aliphatic heterocycles. The van der Waals surface area contributed by atoms with E-state index >= 15 is 0 Å². The summed E-state index contributed by atoms with van der Waals surface area (Å²) < 4.78 is 1.05. The predicted octanol–water partition coefficient (Wildman–Crippen LogP) is 1.43. The van der Waals surface area contributed by atoms with Crippen LogP contribution in [0.4, 0.5) is 0 Å². The molecule has 0 unspecified atom stereocenters. The highest BCUT2D eigenvalue weighted by molar-refractivity contribution is 8.01. The van der Waals surface area contributed by atoms with Crippen molar-refractivity contribution in [3.05, 3.63) is 17.5 Å². The molecule has 0 saturated heterocycles. The fraction of sp³-hybridized carbons (Fsp3) is 0.333. The molecule has 82 valence electrons. The molecule has 0 bridgehead atoms. The van der Waals surface area contributed by atoms with Crippen molar-refractivity contribution in [1.82, 2.24) is 5.32 Å². The van der Waals surface area contributed by atoms with E-state index in [9.17, 15) is 9.59 Å². The summed E-state index contributed by atoms with van der Waals surface area (Å²) in [5, 5.41) is 12.9. The van der Waals surface area contributed by atoms with Crippen molar-refractivity contribution in [2.45, 2.75) is 17.2 Å². The van der Waals surface area contributed by atoms with Crippen molar-refractivity contribution in [3.8, 4) is 0 Å². The molecule has 1 atom stereocenters. The minimum Gasteiger partial charge on any atom is -0.480 e. The first-order valence-electron chi connectivity index (χ1n) is 4.28. The summed E-state index contributed by atoms with van der Waals surface area (Å²) in [6.07, 6.45) is 0. The van der Waals surface area contributed by atoms with Crippen molar-refractivity contribution in [1.29, 1.82) is 0 Å².